The molecular weight excluding hydrogens is 628 g/mol. The molecule has 0 radical (unpaired) electrons. The second kappa shape index (κ2) is 11.7. The summed E-state index contributed by atoms with van der Waals surface area (Å²) in [5.74, 6) is 0.168. The van der Waals surface area contributed by atoms with Crippen molar-refractivity contribution in [3.63, 3.8) is 0 Å². The molecule has 10 nitrogen and oxygen atoms in total. The van der Waals surface area contributed by atoms with Crippen LogP contribution in [0.25, 0.3) is 16.7 Å². The standard InChI is InChI=1S/C37H38N4O6S/c1-47-36(44)32-30(33(42)29-8-5-15-38-34(29)41(32)27-6-3-2-4-7-27)18-22-9-11-24(12-10-22)35(43)39-31-25-16-23-17-26(31)21-37(19-23,20-25)40-48(45,46)28-13-14-28/h2-12,15,23,25-26,28,31,40H,13-14,16-21H2,1H3,(H,39,43)/t23-,25+,26-,31-,37-. The summed E-state index contributed by atoms with van der Waals surface area (Å²) in [6, 6.07) is 19.8. The van der Waals surface area contributed by atoms with Gasteiger partial charge >= 0.3 is 5.97 Å². The Morgan fingerprint density at radius 2 is 1.67 bits per heavy atom. The molecule has 5 atom stereocenters. The molecule has 5 fully saturated rings. The van der Waals surface area contributed by atoms with Gasteiger partial charge in [-0.1, -0.05) is 30.3 Å². The van der Waals surface area contributed by atoms with E-state index in [1.54, 1.807) is 35.0 Å². The fourth-order valence-electron chi connectivity index (χ4n) is 8.93. The van der Waals surface area contributed by atoms with E-state index in [1.807, 2.05) is 42.5 Å². The van der Waals surface area contributed by atoms with Crippen molar-refractivity contribution >= 4 is 32.9 Å². The van der Waals surface area contributed by atoms with Gasteiger partial charge in [0.15, 0.2) is 5.43 Å². The predicted octanol–water partition coefficient (Wildman–Crippen LogP) is 4.52. The number of aromatic nitrogens is 2. The number of para-hydroxylation sites is 1. The number of fused-ring (bicyclic) bond motifs is 1. The van der Waals surface area contributed by atoms with Crippen LogP contribution in [-0.2, 0) is 21.2 Å². The van der Waals surface area contributed by atoms with Crippen LogP contribution in [0.1, 0.15) is 76.9 Å². The van der Waals surface area contributed by atoms with E-state index in [-0.39, 0.29) is 57.7 Å². The maximum Gasteiger partial charge on any atom is 0.355 e. The summed E-state index contributed by atoms with van der Waals surface area (Å²) in [5, 5.41) is 3.46. The zero-order chi connectivity index (χ0) is 33.2. The van der Waals surface area contributed by atoms with E-state index in [0.717, 1.165) is 50.5 Å². The monoisotopic (exact) mass is 666 g/mol. The normalized spacial score (nSPS) is 26.0. The van der Waals surface area contributed by atoms with Gasteiger partial charge in [0.2, 0.25) is 10.0 Å². The zero-order valence-corrected chi connectivity index (χ0v) is 27.5. The number of benzene rings is 2. The van der Waals surface area contributed by atoms with Crippen LogP contribution in [0, 0.1) is 17.8 Å². The number of esters is 1. The lowest BCUT2D eigenvalue weighted by Crippen LogP contribution is -2.66. The third-order valence-corrected chi connectivity index (χ3v) is 13.0. The Morgan fingerprint density at radius 1 is 0.958 bits per heavy atom. The van der Waals surface area contributed by atoms with Crippen LogP contribution in [0.2, 0.25) is 0 Å². The minimum Gasteiger partial charge on any atom is -0.464 e. The third-order valence-electron chi connectivity index (χ3n) is 10.9. The number of nitrogens with zero attached hydrogens (tertiary/aromatic N) is 2. The molecular formula is C37H38N4O6S. The highest BCUT2D eigenvalue weighted by molar-refractivity contribution is 7.90. The molecule has 0 saturated heterocycles. The summed E-state index contributed by atoms with van der Waals surface area (Å²) in [7, 11) is -2.00. The summed E-state index contributed by atoms with van der Waals surface area (Å²) in [6.45, 7) is 0. The van der Waals surface area contributed by atoms with E-state index < -0.39 is 16.0 Å². The van der Waals surface area contributed by atoms with Crippen molar-refractivity contribution in [1.29, 1.82) is 0 Å². The van der Waals surface area contributed by atoms with Gasteiger partial charge in [-0.2, -0.15) is 0 Å². The number of carbonyl (C=O) groups excluding carboxylic acids is 2. The van der Waals surface area contributed by atoms with Crippen LogP contribution in [-0.4, -0.2) is 53.8 Å². The highest BCUT2D eigenvalue weighted by atomic mass is 32.2. The fourth-order valence-corrected chi connectivity index (χ4v) is 10.7. The number of rotatable bonds is 9. The Balaban J connectivity index is 1.04. The van der Waals surface area contributed by atoms with Gasteiger partial charge in [0, 0.05) is 41.0 Å². The van der Waals surface area contributed by atoms with Crippen molar-refractivity contribution in [3.8, 4) is 5.69 Å². The van der Waals surface area contributed by atoms with Crippen molar-refractivity contribution < 1.29 is 22.7 Å². The first-order valence-corrected chi connectivity index (χ1v) is 18.3. The molecule has 9 rings (SSSR count). The van der Waals surface area contributed by atoms with Crippen LogP contribution >= 0.6 is 0 Å². The molecule has 4 bridgehead atoms. The Hall–Kier alpha value is -4.35. The maximum atomic E-state index is 13.8. The first-order chi connectivity index (χ1) is 23.1. The van der Waals surface area contributed by atoms with Crippen LogP contribution in [0.15, 0.2) is 77.7 Å². The molecule has 248 valence electrons. The number of amides is 1. The lowest BCUT2D eigenvalue weighted by Gasteiger charge is -2.60. The largest absolute Gasteiger partial charge is 0.464 e. The number of methoxy groups -OCH3 is 1. The van der Waals surface area contributed by atoms with Crippen molar-refractivity contribution in [2.45, 2.75) is 68.2 Å². The van der Waals surface area contributed by atoms with Crippen molar-refractivity contribution in [2.75, 3.05) is 7.11 Å². The highest BCUT2D eigenvalue weighted by Crippen LogP contribution is 2.56. The van der Waals surface area contributed by atoms with Gasteiger partial charge in [0.25, 0.3) is 5.91 Å². The molecule has 2 aromatic carbocycles. The second-order valence-electron chi connectivity index (χ2n) is 14.2. The van der Waals surface area contributed by atoms with E-state index >= 15 is 0 Å². The Morgan fingerprint density at radius 3 is 2.33 bits per heavy atom. The fraction of sp³-hybridized carbons (Fsp3) is 0.405. The minimum absolute atomic E-state index is 0.0116. The van der Waals surface area contributed by atoms with E-state index in [1.165, 1.54) is 7.11 Å². The molecule has 48 heavy (non-hydrogen) atoms. The average molecular weight is 667 g/mol. The van der Waals surface area contributed by atoms with Gasteiger partial charge < -0.3 is 10.1 Å². The molecule has 5 saturated carbocycles. The van der Waals surface area contributed by atoms with E-state index in [0.29, 0.717) is 28.2 Å². The quantitative estimate of drug-likeness (QED) is 0.251. The van der Waals surface area contributed by atoms with Gasteiger partial charge in [0.1, 0.15) is 11.3 Å². The van der Waals surface area contributed by atoms with Gasteiger partial charge in [-0.3, -0.25) is 14.2 Å². The third kappa shape index (κ3) is 5.42. The molecule has 5 aliphatic rings. The van der Waals surface area contributed by atoms with Gasteiger partial charge in [0.05, 0.1) is 17.7 Å². The topological polar surface area (TPSA) is 136 Å². The molecule has 11 heteroatoms. The second-order valence-corrected chi connectivity index (χ2v) is 16.1. The number of nitrogens with one attached hydrogen (secondary N) is 2. The van der Waals surface area contributed by atoms with Crippen LogP contribution in [0.3, 0.4) is 0 Å². The van der Waals surface area contributed by atoms with Crippen molar-refractivity contribution in [1.82, 2.24) is 19.6 Å². The SMILES string of the molecule is COC(=O)c1c(Cc2ccc(C(=O)N[C@H]3[C@@H]4C[C@H]5C[C@H]3C[C@](NS(=O)(=O)C3CC3)(C5)C4)cc2)c(=O)c2cccnc2n1-c1ccccc1. The highest BCUT2D eigenvalue weighted by Gasteiger charge is 2.57. The molecule has 4 aromatic rings. The molecule has 2 N–H and O–H groups in total. The minimum atomic E-state index is -3.29. The van der Waals surface area contributed by atoms with Crippen LogP contribution in [0.4, 0.5) is 0 Å². The number of sulfonamides is 1. The van der Waals surface area contributed by atoms with Crippen LogP contribution in [0.5, 0.6) is 0 Å². The van der Waals surface area contributed by atoms with Gasteiger partial charge in [-0.25, -0.2) is 22.9 Å². The van der Waals surface area contributed by atoms with Crippen molar-refractivity contribution in [3.05, 3.63) is 106 Å². The smallest absolute Gasteiger partial charge is 0.355 e. The zero-order valence-electron chi connectivity index (χ0n) is 26.7. The number of hydrogen-bond donors (Lipinski definition) is 2. The van der Waals surface area contributed by atoms with Gasteiger partial charge in [-0.05, 0) is 105 Å². The van der Waals surface area contributed by atoms with E-state index in [2.05, 4.69) is 15.0 Å². The molecule has 2 heterocycles. The number of pyridine rings is 2. The average Bonchev–Trinajstić information content (AvgIpc) is 3.94. The van der Waals surface area contributed by atoms with E-state index in [4.69, 9.17) is 4.74 Å². The summed E-state index contributed by atoms with van der Waals surface area (Å²) in [6.07, 6.45) is 7.68. The molecule has 0 aliphatic heterocycles. The number of ether oxygens (including phenoxy) is 1. The van der Waals surface area contributed by atoms with Crippen molar-refractivity contribution in [2.24, 2.45) is 17.8 Å². The van der Waals surface area contributed by atoms with Gasteiger partial charge in [-0.15, -0.1) is 0 Å². The first-order valence-electron chi connectivity index (χ1n) is 16.7. The first kappa shape index (κ1) is 31.0. The maximum absolute atomic E-state index is 13.8. The Labute approximate surface area is 279 Å². The van der Waals surface area contributed by atoms with Crippen LogP contribution < -0.4 is 15.5 Å². The molecule has 0 unspecified atom stereocenters. The lowest BCUT2D eigenvalue weighted by molar-refractivity contribution is -0.0348. The summed E-state index contributed by atoms with van der Waals surface area (Å²) in [5.41, 5.74) is 2.02. The predicted molar refractivity (Wildman–Crippen MR) is 181 cm³/mol. The number of carbonyl (C=O) groups is 2. The summed E-state index contributed by atoms with van der Waals surface area (Å²) < 4.78 is 35.7. The molecule has 1 amide bonds. The molecule has 2 aromatic heterocycles. The summed E-state index contributed by atoms with van der Waals surface area (Å²) >= 11 is 0. The Kier molecular flexibility index (Phi) is 7.52. The lowest BCUT2D eigenvalue weighted by atomic mass is 9.51. The summed E-state index contributed by atoms with van der Waals surface area (Å²) in [4.78, 5) is 45.1. The molecule has 5 aliphatic carbocycles. The van der Waals surface area contributed by atoms with E-state index in [9.17, 15) is 22.8 Å². The molecule has 0 spiro atoms. The number of hydrogen-bond acceptors (Lipinski definition) is 7. The Bertz CT molecular complexity index is 2080.